The van der Waals surface area contributed by atoms with Crippen LogP contribution in [0.1, 0.15) is 53.9 Å². The number of allylic oxidation sites excluding steroid dienone is 1. The molecule has 4 N–H and O–H groups in total. The van der Waals surface area contributed by atoms with E-state index in [4.69, 9.17) is 10.6 Å². The van der Waals surface area contributed by atoms with E-state index < -0.39 is 11.6 Å². The molecule has 4 rings (SSSR count). The summed E-state index contributed by atoms with van der Waals surface area (Å²) in [5.74, 6) is 8.50. The molecule has 1 amide bonds. The van der Waals surface area contributed by atoms with Gasteiger partial charge in [0.05, 0.1) is 18.7 Å². The molecule has 1 aromatic carbocycles. The van der Waals surface area contributed by atoms with Gasteiger partial charge in [0.15, 0.2) is 0 Å². The van der Waals surface area contributed by atoms with Gasteiger partial charge in [0.1, 0.15) is 17.4 Å². The minimum absolute atomic E-state index is 0. The fraction of sp³-hybridized carbons (Fsp3) is 0.500. The van der Waals surface area contributed by atoms with E-state index >= 15 is 0 Å². The van der Waals surface area contributed by atoms with Crippen LogP contribution in [0.15, 0.2) is 53.9 Å². The largest absolute Gasteiger partial charge is 0.496 e. The molecule has 1 saturated heterocycles. The Labute approximate surface area is 199 Å². The number of rotatable bonds is 7. The van der Waals surface area contributed by atoms with E-state index in [1.54, 1.807) is 12.0 Å². The molecular weight excluding hydrogens is 416 g/mol. The van der Waals surface area contributed by atoms with Gasteiger partial charge < -0.3 is 15.5 Å². The molecule has 2 fully saturated rings. The molecule has 0 radical (unpaired) electrons. The summed E-state index contributed by atoms with van der Waals surface area (Å²) in [6.45, 7) is 8.62. The van der Waals surface area contributed by atoms with Crippen molar-refractivity contribution in [1.29, 1.82) is 0 Å². The van der Waals surface area contributed by atoms with Crippen LogP contribution in [0.4, 0.5) is 0 Å². The summed E-state index contributed by atoms with van der Waals surface area (Å²) >= 11 is 0. The summed E-state index contributed by atoms with van der Waals surface area (Å²) in [7, 11) is 1.65. The van der Waals surface area contributed by atoms with Crippen molar-refractivity contribution < 1.29 is 15.8 Å². The summed E-state index contributed by atoms with van der Waals surface area (Å²) < 4.78 is 5.38. The smallest absolute Gasteiger partial charge is 0.245 e. The van der Waals surface area contributed by atoms with Crippen LogP contribution in [0.25, 0.3) is 0 Å². The summed E-state index contributed by atoms with van der Waals surface area (Å²) in [5, 5.41) is 3.32. The molecule has 2 unspecified atom stereocenters. The number of amides is 1. The van der Waals surface area contributed by atoms with Crippen molar-refractivity contribution in [3.63, 3.8) is 0 Å². The Bertz CT molecular complexity index is 926. The standard InChI is InChI=1S/C22H26N4O3.2C2H6.H2/c1-29-20-7-3-2-5-15(20)8-10-24-19-12-18(14-27)26(21(19)28)22-9-4-6-17(25-23)11-16(22)13-22;2*1-2;/h2-5,7,9,11,16,19,24-25H,6,8,10,12-13,23H2,1H3;2*1-2H3;1H/t16?,19-,22?;;;/m1.../s1. The molecule has 1 aliphatic heterocycles. The number of methoxy groups -OCH3 is 1. The number of nitrogens with one attached hydrogen (secondary N) is 2. The van der Waals surface area contributed by atoms with Crippen molar-refractivity contribution in [3.8, 4) is 5.75 Å². The lowest BCUT2D eigenvalue weighted by Crippen LogP contribution is -2.44. The van der Waals surface area contributed by atoms with E-state index in [1.807, 2.05) is 70.1 Å². The van der Waals surface area contributed by atoms with E-state index in [2.05, 4.69) is 16.8 Å². The fourth-order valence-electron chi connectivity index (χ4n) is 4.48. The number of benzene rings is 1. The molecule has 1 saturated carbocycles. The average molecular weight is 457 g/mol. The van der Waals surface area contributed by atoms with Crippen LogP contribution in [-0.4, -0.2) is 42.0 Å². The van der Waals surface area contributed by atoms with Gasteiger partial charge in [0, 0.05) is 32.4 Å². The highest BCUT2D eigenvalue weighted by Gasteiger charge is 2.61. The fourth-order valence-corrected chi connectivity index (χ4v) is 4.48. The average Bonchev–Trinajstić information content (AvgIpc) is 3.49. The van der Waals surface area contributed by atoms with Gasteiger partial charge in [-0.2, -0.15) is 0 Å². The molecule has 0 spiro atoms. The maximum absolute atomic E-state index is 13.2. The van der Waals surface area contributed by atoms with Crippen molar-refractivity contribution in [3.05, 3.63) is 59.5 Å². The first-order valence-corrected chi connectivity index (χ1v) is 11.9. The number of hydrazine groups is 1. The number of likely N-dealkylation sites (tertiary alicyclic amines) is 1. The normalized spacial score (nSPS) is 24.8. The number of nitrogens with zero attached hydrogens (tertiary/aromatic N) is 1. The highest BCUT2D eigenvalue weighted by molar-refractivity contribution is 5.91. The third-order valence-corrected chi connectivity index (χ3v) is 6.06. The minimum atomic E-state index is -0.457. The van der Waals surface area contributed by atoms with E-state index in [-0.39, 0.29) is 13.3 Å². The van der Waals surface area contributed by atoms with Gasteiger partial charge in [-0.3, -0.25) is 15.5 Å². The van der Waals surface area contributed by atoms with E-state index in [0.717, 1.165) is 29.9 Å². The number of para-hydroxylation sites is 1. The lowest BCUT2D eigenvalue weighted by atomic mass is 10.1. The first kappa shape index (κ1) is 26.4. The lowest BCUT2D eigenvalue weighted by molar-refractivity contribution is -0.130. The van der Waals surface area contributed by atoms with Gasteiger partial charge in [0.2, 0.25) is 5.91 Å². The second kappa shape index (κ2) is 12.4. The minimum Gasteiger partial charge on any atom is -0.496 e. The Hall–Kier alpha value is -2.86. The topological polar surface area (TPSA) is 96.7 Å². The zero-order valence-electron chi connectivity index (χ0n) is 20.5. The number of carbonyl (C=O) groups excluding carboxylic acids is 2. The molecule has 3 aliphatic rings. The highest BCUT2D eigenvalue weighted by atomic mass is 16.5. The monoisotopic (exact) mass is 456 g/mol. The zero-order chi connectivity index (χ0) is 24.4. The predicted octanol–water partition coefficient (Wildman–Crippen LogP) is 3.51. The molecule has 1 heterocycles. The Morgan fingerprint density at radius 1 is 1.27 bits per heavy atom. The van der Waals surface area contributed by atoms with Crippen LogP contribution < -0.4 is 21.3 Å². The van der Waals surface area contributed by atoms with Crippen LogP contribution in [0.2, 0.25) is 0 Å². The van der Waals surface area contributed by atoms with Gasteiger partial charge in [-0.25, -0.2) is 4.79 Å². The van der Waals surface area contributed by atoms with E-state index in [9.17, 15) is 9.59 Å². The summed E-state index contributed by atoms with van der Waals surface area (Å²) in [4.78, 5) is 26.5. The van der Waals surface area contributed by atoms with Gasteiger partial charge in [-0.15, -0.1) is 0 Å². The van der Waals surface area contributed by atoms with Gasteiger partial charge in [-0.1, -0.05) is 64.1 Å². The number of carbonyl (C=O) groups is 1. The Morgan fingerprint density at radius 3 is 2.67 bits per heavy atom. The van der Waals surface area contributed by atoms with Crippen LogP contribution >= 0.6 is 0 Å². The number of hydrogen-bond acceptors (Lipinski definition) is 6. The molecule has 7 heteroatoms. The Kier molecular flexibility index (Phi) is 9.92. The molecule has 182 valence electrons. The molecule has 0 bridgehead atoms. The van der Waals surface area contributed by atoms with Crippen LogP contribution in [0, 0.1) is 5.92 Å². The molecular formula is C26H40N4O3. The van der Waals surface area contributed by atoms with Crippen LogP contribution in [-0.2, 0) is 16.0 Å². The Balaban J connectivity index is 0.00000110. The molecule has 1 aromatic rings. The second-order valence-corrected chi connectivity index (χ2v) is 7.74. The van der Waals surface area contributed by atoms with Crippen molar-refractivity contribution >= 4 is 11.8 Å². The predicted molar refractivity (Wildman–Crippen MR) is 134 cm³/mol. The van der Waals surface area contributed by atoms with Gasteiger partial charge in [0.25, 0.3) is 0 Å². The molecule has 3 atom stereocenters. The third-order valence-electron chi connectivity index (χ3n) is 6.06. The zero-order valence-corrected chi connectivity index (χ0v) is 20.5. The molecule has 0 aromatic heterocycles. The van der Waals surface area contributed by atoms with Gasteiger partial charge >= 0.3 is 0 Å². The molecule has 33 heavy (non-hydrogen) atoms. The molecule has 7 nitrogen and oxygen atoms in total. The van der Waals surface area contributed by atoms with E-state index in [0.29, 0.717) is 25.1 Å². The van der Waals surface area contributed by atoms with Crippen molar-refractivity contribution in [1.82, 2.24) is 15.6 Å². The summed E-state index contributed by atoms with van der Waals surface area (Å²) in [5.41, 5.74) is 4.69. The first-order valence-electron chi connectivity index (χ1n) is 11.9. The molecule has 2 aliphatic carbocycles. The second-order valence-electron chi connectivity index (χ2n) is 7.74. The maximum atomic E-state index is 13.2. The van der Waals surface area contributed by atoms with Crippen molar-refractivity contribution in [2.75, 3.05) is 13.7 Å². The van der Waals surface area contributed by atoms with E-state index in [1.165, 1.54) is 0 Å². The van der Waals surface area contributed by atoms with Crippen LogP contribution in [0.3, 0.4) is 0 Å². The summed E-state index contributed by atoms with van der Waals surface area (Å²) in [6.07, 6.45) is 8.70. The Morgan fingerprint density at radius 2 is 2.00 bits per heavy atom. The first-order chi connectivity index (χ1) is 16.1. The third kappa shape index (κ3) is 5.56. The van der Waals surface area contributed by atoms with Gasteiger partial charge in [-0.05, 0) is 24.5 Å². The number of fused-ring (bicyclic) bond motifs is 1. The number of ether oxygens (including phenoxy) is 1. The van der Waals surface area contributed by atoms with Crippen molar-refractivity contribution in [2.24, 2.45) is 11.8 Å². The summed E-state index contributed by atoms with van der Waals surface area (Å²) in [6, 6.07) is 7.43. The quantitative estimate of drug-likeness (QED) is 0.251. The lowest BCUT2D eigenvalue weighted by Gasteiger charge is -2.26. The van der Waals surface area contributed by atoms with Crippen molar-refractivity contribution in [2.45, 2.75) is 65.0 Å². The number of nitrogens with two attached hydrogens (primary N) is 1. The maximum Gasteiger partial charge on any atom is 0.245 e. The SMILES string of the molecule is CC.CC.COc1ccccc1CCN[C@@H]1CC(=C=O)N(C23C=CCC(NN)=CC2C3)C1=O.[HH]. The number of hydrogen-bond donors (Lipinski definition) is 3. The van der Waals surface area contributed by atoms with Crippen LogP contribution in [0.5, 0.6) is 5.75 Å². The highest BCUT2D eigenvalue weighted by Crippen LogP contribution is 2.55.